The molecule has 0 bridgehead atoms. The van der Waals surface area contributed by atoms with Gasteiger partial charge in [-0.1, -0.05) is 0 Å². The first-order valence-corrected chi connectivity index (χ1v) is 2.57. The Kier molecular flexibility index (Phi) is 2.53. The third kappa shape index (κ3) is 1.84. The summed E-state index contributed by atoms with van der Waals surface area (Å²) in [5.74, 6) is -1.94. The summed E-state index contributed by atoms with van der Waals surface area (Å²) >= 11 is 0. The highest BCUT2D eigenvalue weighted by atomic mass is 19.4. The van der Waals surface area contributed by atoms with E-state index < -0.39 is 17.7 Å². The van der Waals surface area contributed by atoms with E-state index in [4.69, 9.17) is 0 Å². The van der Waals surface area contributed by atoms with Crippen LogP contribution in [0.1, 0.15) is 0 Å². The van der Waals surface area contributed by atoms with Crippen LogP contribution in [0, 0.1) is 0 Å². The largest absolute Gasteiger partial charge is 0.467 e. The quantitative estimate of drug-likeness (QED) is 0.316. The molecule has 0 radical (unpaired) electrons. The molecule has 0 spiro atoms. The highest BCUT2D eigenvalue weighted by Crippen LogP contribution is 2.31. The monoisotopic (exact) mass is 172 g/mol. The molecule has 0 N–H and O–H groups in total. The minimum Gasteiger partial charge on any atom is -0.467 e. The maximum absolute atomic E-state index is 12.4. The van der Waals surface area contributed by atoms with Crippen molar-refractivity contribution in [1.29, 1.82) is 0 Å². The van der Waals surface area contributed by atoms with Gasteiger partial charge in [-0.3, -0.25) is 0 Å². The smallest absolute Gasteiger partial charge is 0.424 e. The summed E-state index contributed by atoms with van der Waals surface area (Å²) in [6.07, 6.45) is -5.22. The Labute approximate surface area is 60.9 Å². The second kappa shape index (κ2) is 2.71. The third-order valence-corrected chi connectivity index (χ3v) is 1.10. The van der Waals surface area contributed by atoms with Crippen molar-refractivity contribution in [3.63, 3.8) is 0 Å². The van der Waals surface area contributed by atoms with E-state index in [1.165, 1.54) is 0 Å². The second-order valence-corrected chi connectivity index (χ2v) is 1.99. The standard InChI is InChI=1S/C4H5BF4O2/c1-11-2(10)3(5,6)4(7,8)9/h5H2,1H3. The zero-order valence-corrected chi connectivity index (χ0v) is 5.83. The highest BCUT2D eigenvalue weighted by molar-refractivity contribution is 6.26. The van der Waals surface area contributed by atoms with Crippen LogP contribution in [-0.4, -0.2) is 32.7 Å². The van der Waals surface area contributed by atoms with E-state index in [1.54, 1.807) is 0 Å². The lowest BCUT2D eigenvalue weighted by molar-refractivity contribution is -0.212. The highest BCUT2D eigenvalue weighted by Gasteiger charge is 2.58. The summed E-state index contributed by atoms with van der Waals surface area (Å²) in [7, 11) is 0.796. The fourth-order valence-corrected chi connectivity index (χ4v) is 0.307. The second-order valence-electron chi connectivity index (χ2n) is 1.99. The molecule has 0 saturated carbocycles. The lowest BCUT2D eigenvalue weighted by atomic mass is 9.83. The topological polar surface area (TPSA) is 26.3 Å². The van der Waals surface area contributed by atoms with E-state index in [9.17, 15) is 22.4 Å². The molecule has 0 amide bonds. The summed E-state index contributed by atoms with van der Waals surface area (Å²) in [4.78, 5) is 10.2. The van der Waals surface area contributed by atoms with E-state index >= 15 is 0 Å². The molecule has 0 aromatic carbocycles. The average molecular weight is 172 g/mol. The van der Waals surface area contributed by atoms with Crippen molar-refractivity contribution in [2.45, 2.75) is 11.7 Å². The summed E-state index contributed by atoms with van der Waals surface area (Å²) in [6, 6.07) is 0. The number of methoxy groups -OCH3 is 1. The van der Waals surface area contributed by atoms with Crippen LogP contribution in [0.5, 0.6) is 0 Å². The molecular formula is C4H5BF4O2. The van der Waals surface area contributed by atoms with Gasteiger partial charge >= 0.3 is 12.1 Å². The Bertz CT molecular complexity index is 164. The Balaban J connectivity index is 4.59. The van der Waals surface area contributed by atoms with Gasteiger partial charge in [0.15, 0.2) is 7.85 Å². The van der Waals surface area contributed by atoms with Gasteiger partial charge in [-0.15, -0.1) is 0 Å². The molecule has 0 heterocycles. The predicted molar refractivity (Wildman–Crippen MR) is 30.5 cm³/mol. The maximum Gasteiger partial charge on any atom is 0.424 e. The van der Waals surface area contributed by atoms with Gasteiger partial charge in [0.05, 0.1) is 7.11 Å². The molecule has 0 aromatic heterocycles. The van der Waals surface area contributed by atoms with Gasteiger partial charge in [-0.25, -0.2) is 9.18 Å². The lowest BCUT2D eigenvalue weighted by Crippen LogP contribution is -2.49. The van der Waals surface area contributed by atoms with Crippen LogP contribution in [-0.2, 0) is 9.53 Å². The molecule has 0 saturated heterocycles. The summed E-state index contributed by atoms with van der Waals surface area (Å²) in [5.41, 5.74) is -3.91. The molecule has 2 nitrogen and oxygen atoms in total. The molecule has 11 heavy (non-hydrogen) atoms. The van der Waals surface area contributed by atoms with Crippen molar-refractivity contribution in [3.05, 3.63) is 0 Å². The Morgan fingerprint density at radius 2 is 1.73 bits per heavy atom. The van der Waals surface area contributed by atoms with Crippen molar-refractivity contribution >= 4 is 13.8 Å². The predicted octanol–water partition coefficient (Wildman–Crippen LogP) is 0.0206. The van der Waals surface area contributed by atoms with Crippen LogP contribution in [0.4, 0.5) is 17.6 Å². The fraction of sp³-hybridized carbons (Fsp3) is 0.750. The van der Waals surface area contributed by atoms with Crippen LogP contribution < -0.4 is 0 Å². The number of ether oxygens (including phenoxy) is 1. The van der Waals surface area contributed by atoms with E-state index in [0.29, 0.717) is 7.11 Å². The summed E-state index contributed by atoms with van der Waals surface area (Å²) < 4.78 is 50.8. The molecule has 1 atom stereocenters. The number of hydrogen-bond donors (Lipinski definition) is 0. The first-order valence-electron chi connectivity index (χ1n) is 2.57. The van der Waals surface area contributed by atoms with Crippen LogP contribution in [0.3, 0.4) is 0 Å². The Hall–Kier alpha value is -0.745. The average Bonchev–Trinajstić information content (AvgIpc) is 1.83. The molecule has 0 aromatic rings. The SMILES string of the molecule is BC(F)(C(=O)OC)C(F)(F)F. The van der Waals surface area contributed by atoms with Gasteiger partial charge in [0.1, 0.15) is 0 Å². The van der Waals surface area contributed by atoms with Gasteiger partial charge in [0.25, 0.3) is 5.57 Å². The van der Waals surface area contributed by atoms with Gasteiger partial charge in [0, 0.05) is 0 Å². The normalized spacial score (nSPS) is 17.2. The first kappa shape index (κ1) is 10.3. The molecule has 0 aliphatic carbocycles. The molecule has 0 fully saturated rings. The molecule has 0 aliphatic rings. The van der Waals surface area contributed by atoms with E-state index in [-0.39, 0.29) is 7.85 Å². The summed E-state index contributed by atoms with van der Waals surface area (Å²) in [6.45, 7) is 0. The minimum absolute atomic E-state index is 0.110. The van der Waals surface area contributed by atoms with Gasteiger partial charge in [-0.05, 0) is 0 Å². The van der Waals surface area contributed by atoms with Crippen molar-refractivity contribution in [3.8, 4) is 0 Å². The number of carbonyl (C=O) groups excluding carboxylic acids is 1. The maximum atomic E-state index is 12.4. The lowest BCUT2D eigenvalue weighted by Gasteiger charge is -2.20. The van der Waals surface area contributed by atoms with Gasteiger partial charge in [0.2, 0.25) is 0 Å². The van der Waals surface area contributed by atoms with Crippen molar-refractivity contribution in [2.24, 2.45) is 0 Å². The summed E-state index contributed by atoms with van der Waals surface area (Å²) in [5, 5.41) is 0. The number of rotatable bonds is 1. The van der Waals surface area contributed by atoms with Crippen LogP contribution >= 0.6 is 0 Å². The minimum atomic E-state index is -5.22. The number of hydrogen-bond acceptors (Lipinski definition) is 2. The van der Waals surface area contributed by atoms with Crippen LogP contribution in [0.2, 0.25) is 0 Å². The van der Waals surface area contributed by atoms with Gasteiger partial charge in [-0.2, -0.15) is 13.2 Å². The molecule has 0 rings (SSSR count). The number of alkyl halides is 4. The van der Waals surface area contributed by atoms with Gasteiger partial charge < -0.3 is 4.74 Å². The number of carbonyl (C=O) groups is 1. The van der Waals surface area contributed by atoms with Crippen molar-refractivity contribution < 1.29 is 27.1 Å². The Morgan fingerprint density at radius 3 is 1.82 bits per heavy atom. The van der Waals surface area contributed by atoms with Crippen LogP contribution in [0.15, 0.2) is 0 Å². The van der Waals surface area contributed by atoms with E-state index in [2.05, 4.69) is 4.74 Å². The molecule has 7 heteroatoms. The molecule has 1 unspecified atom stereocenters. The zero-order chi connectivity index (χ0) is 9.28. The molecular weight excluding hydrogens is 167 g/mol. The third-order valence-electron chi connectivity index (χ3n) is 1.10. The fourth-order valence-electron chi connectivity index (χ4n) is 0.307. The molecule has 64 valence electrons. The van der Waals surface area contributed by atoms with E-state index in [0.717, 1.165) is 0 Å². The van der Waals surface area contributed by atoms with Crippen molar-refractivity contribution in [1.82, 2.24) is 0 Å². The number of halogens is 4. The van der Waals surface area contributed by atoms with Crippen LogP contribution in [0.25, 0.3) is 0 Å². The number of esters is 1. The molecule has 0 aliphatic heterocycles. The first-order chi connectivity index (χ1) is 4.73. The Morgan fingerprint density at radius 1 is 1.36 bits per heavy atom. The van der Waals surface area contributed by atoms with Crippen molar-refractivity contribution in [2.75, 3.05) is 7.11 Å². The van der Waals surface area contributed by atoms with E-state index in [1.807, 2.05) is 0 Å². The zero-order valence-electron chi connectivity index (χ0n) is 5.83.